The Balaban J connectivity index is 1.19. The molecule has 0 amide bonds. The maximum Gasteiger partial charge on any atom is 0.187 e. The van der Waals surface area contributed by atoms with Crippen molar-refractivity contribution < 1.29 is 0 Å². The Hall–Kier alpha value is -7.22. The van der Waals surface area contributed by atoms with Crippen LogP contribution < -0.4 is 0 Å². The van der Waals surface area contributed by atoms with Crippen molar-refractivity contribution in [2.75, 3.05) is 0 Å². The summed E-state index contributed by atoms with van der Waals surface area (Å²) < 4.78 is 0. The summed E-state index contributed by atoms with van der Waals surface area (Å²) in [6.07, 6.45) is 0. The highest BCUT2D eigenvalue weighted by molar-refractivity contribution is 6.12. The van der Waals surface area contributed by atoms with Crippen LogP contribution in [0.4, 0.5) is 5.69 Å². The van der Waals surface area contributed by atoms with Gasteiger partial charge in [-0.05, 0) is 54.9 Å². The van der Waals surface area contributed by atoms with Crippen molar-refractivity contribution >= 4 is 27.2 Å². The van der Waals surface area contributed by atoms with Gasteiger partial charge >= 0.3 is 0 Å². The van der Waals surface area contributed by atoms with E-state index in [9.17, 15) is 0 Å². The Bertz CT molecular complexity index is 2700. The molecule has 0 radical (unpaired) electrons. The first-order valence-electron chi connectivity index (χ1n) is 17.2. The van der Waals surface area contributed by atoms with Gasteiger partial charge in [0, 0.05) is 16.7 Å². The fraction of sp³-hybridized carbons (Fsp3) is 0. The van der Waals surface area contributed by atoms with Crippen molar-refractivity contribution in [3.63, 3.8) is 0 Å². The maximum atomic E-state index is 7.49. The average Bonchev–Trinajstić information content (AvgIpc) is 3.23. The Morgan fingerprint density at radius 1 is 0.346 bits per heavy atom. The Labute approximate surface area is 302 Å². The summed E-state index contributed by atoms with van der Waals surface area (Å²) in [6.45, 7) is 7.49. The summed E-state index contributed by atoms with van der Waals surface area (Å²) in [6, 6.07) is 62.6. The van der Waals surface area contributed by atoms with Crippen LogP contribution in [0.5, 0.6) is 0 Å². The molecular formula is C48H30N4. The van der Waals surface area contributed by atoms with Crippen LogP contribution in [0.1, 0.15) is 0 Å². The predicted octanol–water partition coefficient (Wildman–Crippen LogP) is 12.7. The minimum atomic E-state index is 0.628. The van der Waals surface area contributed by atoms with Gasteiger partial charge in [-0.25, -0.2) is 19.8 Å². The highest BCUT2D eigenvalue weighted by Crippen LogP contribution is 2.44. The monoisotopic (exact) mass is 662 g/mol. The zero-order chi connectivity index (χ0) is 34.9. The van der Waals surface area contributed by atoms with Crippen molar-refractivity contribution in [1.82, 2.24) is 15.0 Å². The molecule has 0 saturated heterocycles. The Morgan fingerprint density at radius 2 is 0.846 bits per heavy atom. The van der Waals surface area contributed by atoms with E-state index in [4.69, 9.17) is 21.5 Å². The van der Waals surface area contributed by atoms with Gasteiger partial charge in [0.15, 0.2) is 23.2 Å². The zero-order valence-electron chi connectivity index (χ0n) is 28.1. The average molecular weight is 663 g/mol. The lowest BCUT2D eigenvalue weighted by atomic mass is 9.85. The van der Waals surface area contributed by atoms with Crippen LogP contribution in [0.15, 0.2) is 182 Å². The van der Waals surface area contributed by atoms with Gasteiger partial charge in [-0.2, -0.15) is 0 Å². The topological polar surface area (TPSA) is 43.0 Å². The van der Waals surface area contributed by atoms with E-state index in [0.717, 1.165) is 50.1 Å². The first-order valence-corrected chi connectivity index (χ1v) is 17.2. The Morgan fingerprint density at radius 3 is 1.46 bits per heavy atom. The molecule has 0 aliphatic rings. The molecule has 0 atom stereocenters. The molecule has 242 valence electrons. The lowest BCUT2D eigenvalue weighted by molar-refractivity contribution is 1.07. The van der Waals surface area contributed by atoms with Gasteiger partial charge in [0.05, 0.1) is 6.57 Å². The Kier molecular flexibility index (Phi) is 7.85. The van der Waals surface area contributed by atoms with Crippen molar-refractivity contribution in [3.8, 4) is 67.5 Å². The second kappa shape index (κ2) is 13.2. The van der Waals surface area contributed by atoms with Crippen LogP contribution in [0.25, 0.3) is 93.9 Å². The van der Waals surface area contributed by atoms with Gasteiger partial charge in [0.2, 0.25) is 0 Å². The quantitative estimate of drug-likeness (QED) is 0.166. The lowest BCUT2D eigenvalue weighted by Gasteiger charge is -2.18. The summed E-state index contributed by atoms with van der Waals surface area (Å²) in [7, 11) is 0. The van der Waals surface area contributed by atoms with E-state index in [0.29, 0.717) is 23.2 Å². The fourth-order valence-electron chi connectivity index (χ4n) is 7.05. The van der Waals surface area contributed by atoms with Gasteiger partial charge in [-0.3, -0.25) is 0 Å². The van der Waals surface area contributed by atoms with E-state index in [1.807, 2.05) is 72.8 Å². The summed E-state index contributed by atoms with van der Waals surface area (Å²) in [4.78, 5) is 18.4. The molecule has 0 spiro atoms. The standard InChI is InChI=1S/C48H30N4/c1-49-39-29-26-35(27-30-39)45-40-19-9-8-12-32(40)28-31-43(45)42-21-11-18-34-17-10-20-41(44(34)42)33-22-24-38(25-23-33)48-51-46(36-13-4-2-5-14-36)50-47(52-48)37-15-6-3-7-16-37/h2-31H. The van der Waals surface area contributed by atoms with Gasteiger partial charge in [-0.15, -0.1) is 0 Å². The number of fused-ring (bicyclic) bond motifs is 2. The number of benzene rings is 8. The van der Waals surface area contributed by atoms with Crippen LogP contribution in [-0.2, 0) is 0 Å². The normalized spacial score (nSPS) is 11.1. The number of nitrogens with zero attached hydrogens (tertiary/aromatic N) is 4. The molecule has 1 heterocycles. The predicted molar refractivity (Wildman–Crippen MR) is 214 cm³/mol. The number of rotatable bonds is 6. The molecule has 0 N–H and O–H groups in total. The first-order chi connectivity index (χ1) is 25.7. The van der Waals surface area contributed by atoms with E-state index < -0.39 is 0 Å². The van der Waals surface area contributed by atoms with Gasteiger partial charge in [0.25, 0.3) is 0 Å². The van der Waals surface area contributed by atoms with E-state index >= 15 is 0 Å². The third-order valence-corrected chi connectivity index (χ3v) is 9.56. The molecule has 0 saturated carbocycles. The molecular weight excluding hydrogens is 633 g/mol. The molecule has 9 aromatic rings. The molecule has 4 nitrogen and oxygen atoms in total. The molecule has 0 unspecified atom stereocenters. The third kappa shape index (κ3) is 5.67. The van der Waals surface area contributed by atoms with E-state index in [1.54, 1.807) is 0 Å². The minimum absolute atomic E-state index is 0.628. The van der Waals surface area contributed by atoms with E-state index in [2.05, 4.69) is 114 Å². The van der Waals surface area contributed by atoms with Crippen molar-refractivity contribution in [2.24, 2.45) is 0 Å². The SMILES string of the molecule is [C-]#[N+]c1ccc(-c2c(-c3cccc4cccc(-c5ccc(-c6nc(-c7ccccc7)nc(-c7ccccc7)n6)cc5)c34)ccc3ccccc23)cc1. The van der Waals surface area contributed by atoms with Crippen LogP contribution in [0, 0.1) is 6.57 Å². The van der Waals surface area contributed by atoms with E-state index in [-0.39, 0.29) is 0 Å². The molecule has 8 aromatic carbocycles. The number of aromatic nitrogens is 3. The zero-order valence-corrected chi connectivity index (χ0v) is 28.1. The molecule has 0 aliphatic heterocycles. The highest BCUT2D eigenvalue weighted by Gasteiger charge is 2.17. The van der Waals surface area contributed by atoms with Gasteiger partial charge in [0.1, 0.15) is 0 Å². The summed E-state index contributed by atoms with van der Waals surface area (Å²) in [5, 5.41) is 4.70. The summed E-state index contributed by atoms with van der Waals surface area (Å²) >= 11 is 0. The second-order valence-corrected chi connectivity index (χ2v) is 12.7. The molecule has 52 heavy (non-hydrogen) atoms. The third-order valence-electron chi connectivity index (χ3n) is 9.56. The van der Waals surface area contributed by atoms with Crippen LogP contribution in [0.2, 0.25) is 0 Å². The molecule has 1 aromatic heterocycles. The number of hydrogen-bond acceptors (Lipinski definition) is 3. The highest BCUT2D eigenvalue weighted by atomic mass is 15.0. The smallest absolute Gasteiger partial charge is 0.187 e. The first kappa shape index (κ1) is 30.8. The second-order valence-electron chi connectivity index (χ2n) is 12.7. The fourth-order valence-corrected chi connectivity index (χ4v) is 7.05. The van der Waals surface area contributed by atoms with Crippen LogP contribution in [-0.4, -0.2) is 15.0 Å². The van der Waals surface area contributed by atoms with Gasteiger partial charge < -0.3 is 0 Å². The van der Waals surface area contributed by atoms with Crippen LogP contribution in [0.3, 0.4) is 0 Å². The molecule has 9 rings (SSSR count). The largest absolute Gasteiger partial charge is 0.238 e. The minimum Gasteiger partial charge on any atom is -0.238 e. The summed E-state index contributed by atoms with van der Waals surface area (Å²) in [5.41, 5.74) is 10.2. The number of hydrogen-bond donors (Lipinski definition) is 0. The summed E-state index contributed by atoms with van der Waals surface area (Å²) in [5.74, 6) is 1.91. The van der Waals surface area contributed by atoms with Crippen molar-refractivity contribution in [2.45, 2.75) is 0 Å². The maximum absolute atomic E-state index is 7.49. The molecule has 4 heteroatoms. The lowest BCUT2D eigenvalue weighted by Crippen LogP contribution is -2.00. The van der Waals surface area contributed by atoms with E-state index in [1.165, 1.54) is 21.5 Å². The van der Waals surface area contributed by atoms with Gasteiger partial charge in [-0.1, -0.05) is 182 Å². The van der Waals surface area contributed by atoms with Crippen molar-refractivity contribution in [1.29, 1.82) is 0 Å². The van der Waals surface area contributed by atoms with Crippen molar-refractivity contribution in [3.05, 3.63) is 193 Å². The molecule has 0 bridgehead atoms. The van der Waals surface area contributed by atoms with Crippen LogP contribution >= 0.6 is 0 Å². The molecule has 0 fully saturated rings. The molecule has 0 aliphatic carbocycles.